The summed E-state index contributed by atoms with van der Waals surface area (Å²) in [6.07, 6.45) is 2.54. The fraction of sp³-hybridized carbons (Fsp3) is 0.400. The molecule has 0 amide bonds. The highest BCUT2D eigenvalue weighted by molar-refractivity contribution is 5.88. The minimum atomic E-state index is 0.00237. The largest absolute Gasteiger partial charge is 0.369 e. The molecule has 4 nitrogen and oxygen atoms in total. The SMILES string of the molecule is CCC(/N=C/N(C)C)=N\C(C)c1cccc(C#N)c1. The van der Waals surface area contributed by atoms with E-state index in [2.05, 4.69) is 16.1 Å². The third-order valence-corrected chi connectivity index (χ3v) is 2.59. The van der Waals surface area contributed by atoms with E-state index >= 15 is 0 Å². The summed E-state index contributed by atoms with van der Waals surface area (Å²) in [6, 6.07) is 9.68. The van der Waals surface area contributed by atoms with Crippen molar-refractivity contribution < 1.29 is 0 Å². The predicted molar refractivity (Wildman–Crippen MR) is 79.5 cm³/mol. The summed E-state index contributed by atoms with van der Waals surface area (Å²) in [5.41, 5.74) is 1.69. The van der Waals surface area contributed by atoms with Crippen LogP contribution < -0.4 is 0 Å². The van der Waals surface area contributed by atoms with Crippen molar-refractivity contribution in [2.45, 2.75) is 26.3 Å². The van der Waals surface area contributed by atoms with Gasteiger partial charge in [0.15, 0.2) is 0 Å². The van der Waals surface area contributed by atoms with Gasteiger partial charge in [0.1, 0.15) is 5.84 Å². The predicted octanol–water partition coefficient (Wildman–Crippen LogP) is 3.02. The molecule has 0 saturated heterocycles. The van der Waals surface area contributed by atoms with Crippen molar-refractivity contribution in [2.24, 2.45) is 9.98 Å². The van der Waals surface area contributed by atoms with E-state index in [4.69, 9.17) is 5.26 Å². The van der Waals surface area contributed by atoms with E-state index in [1.54, 1.807) is 12.4 Å². The number of nitriles is 1. The van der Waals surface area contributed by atoms with E-state index in [9.17, 15) is 0 Å². The Bertz CT molecular complexity index is 509. The van der Waals surface area contributed by atoms with Crippen LogP contribution in [0.5, 0.6) is 0 Å². The van der Waals surface area contributed by atoms with Crippen LogP contribution in [0.3, 0.4) is 0 Å². The van der Waals surface area contributed by atoms with Gasteiger partial charge in [-0.05, 0) is 24.6 Å². The third kappa shape index (κ3) is 4.92. The van der Waals surface area contributed by atoms with E-state index in [0.717, 1.165) is 17.8 Å². The molecule has 19 heavy (non-hydrogen) atoms. The third-order valence-electron chi connectivity index (χ3n) is 2.59. The Morgan fingerprint density at radius 2 is 2.21 bits per heavy atom. The van der Waals surface area contributed by atoms with Crippen LogP contribution in [0.15, 0.2) is 34.3 Å². The van der Waals surface area contributed by atoms with Gasteiger partial charge in [0, 0.05) is 20.5 Å². The molecule has 0 aliphatic rings. The Morgan fingerprint density at radius 1 is 1.47 bits per heavy atom. The molecule has 1 atom stereocenters. The molecule has 0 aromatic heterocycles. The molecule has 0 radical (unpaired) electrons. The van der Waals surface area contributed by atoms with Gasteiger partial charge in [-0.3, -0.25) is 4.99 Å². The first-order chi connectivity index (χ1) is 9.06. The summed E-state index contributed by atoms with van der Waals surface area (Å²) in [7, 11) is 3.85. The van der Waals surface area contributed by atoms with Gasteiger partial charge < -0.3 is 4.90 Å². The van der Waals surface area contributed by atoms with Crippen molar-refractivity contribution in [2.75, 3.05) is 14.1 Å². The second kappa shape index (κ2) is 7.32. The first-order valence-electron chi connectivity index (χ1n) is 6.34. The Kier molecular flexibility index (Phi) is 5.74. The summed E-state index contributed by atoms with van der Waals surface area (Å²) in [4.78, 5) is 10.8. The zero-order valence-electron chi connectivity index (χ0n) is 12.0. The van der Waals surface area contributed by atoms with E-state index in [1.165, 1.54) is 0 Å². The molecule has 100 valence electrons. The monoisotopic (exact) mass is 256 g/mol. The lowest BCUT2D eigenvalue weighted by Crippen LogP contribution is -2.10. The van der Waals surface area contributed by atoms with Crippen LogP contribution in [0.1, 0.15) is 37.4 Å². The summed E-state index contributed by atoms with van der Waals surface area (Å²) in [5, 5.41) is 8.90. The summed E-state index contributed by atoms with van der Waals surface area (Å²) in [5.74, 6) is 0.809. The Balaban J connectivity index is 2.92. The Labute approximate surface area is 115 Å². The Morgan fingerprint density at radius 3 is 2.79 bits per heavy atom. The van der Waals surface area contributed by atoms with E-state index < -0.39 is 0 Å². The molecule has 0 spiro atoms. The first kappa shape index (κ1) is 14.9. The molecule has 0 heterocycles. The number of aliphatic imine (C=N–C) groups is 2. The molecule has 1 aromatic rings. The van der Waals surface area contributed by atoms with Gasteiger partial charge in [-0.15, -0.1) is 0 Å². The summed E-state index contributed by atoms with van der Waals surface area (Å²) < 4.78 is 0. The zero-order chi connectivity index (χ0) is 14.3. The van der Waals surface area contributed by atoms with E-state index in [0.29, 0.717) is 5.56 Å². The molecule has 1 aromatic carbocycles. The topological polar surface area (TPSA) is 51.8 Å². The summed E-state index contributed by atoms with van der Waals surface area (Å²) in [6.45, 7) is 4.04. The molecular weight excluding hydrogens is 236 g/mol. The quantitative estimate of drug-likeness (QED) is 0.614. The number of amidine groups is 1. The van der Waals surface area contributed by atoms with Crippen LogP contribution in [0, 0.1) is 11.3 Å². The number of nitrogens with zero attached hydrogens (tertiary/aromatic N) is 4. The Hall–Kier alpha value is -2.15. The highest BCUT2D eigenvalue weighted by atomic mass is 15.1. The van der Waals surface area contributed by atoms with Crippen LogP contribution in [0.4, 0.5) is 0 Å². The minimum Gasteiger partial charge on any atom is -0.369 e. The fourth-order valence-corrected chi connectivity index (χ4v) is 1.56. The lowest BCUT2D eigenvalue weighted by molar-refractivity contribution is 0.643. The highest BCUT2D eigenvalue weighted by Gasteiger charge is 2.05. The lowest BCUT2D eigenvalue weighted by atomic mass is 10.1. The first-order valence-corrected chi connectivity index (χ1v) is 6.34. The van der Waals surface area contributed by atoms with Crippen LogP contribution >= 0.6 is 0 Å². The van der Waals surface area contributed by atoms with Gasteiger partial charge in [-0.1, -0.05) is 19.1 Å². The van der Waals surface area contributed by atoms with Crippen molar-refractivity contribution >= 4 is 12.2 Å². The molecule has 0 bridgehead atoms. The van der Waals surface area contributed by atoms with Crippen LogP contribution in [0.25, 0.3) is 0 Å². The molecule has 1 unspecified atom stereocenters. The average molecular weight is 256 g/mol. The van der Waals surface area contributed by atoms with Crippen molar-refractivity contribution in [1.29, 1.82) is 5.26 Å². The van der Waals surface area contributed by atoms with Crippen LogP contribution in [-0.4, -0.2) is 31.2 Å². The van der Waals surface area contributed by atoms with Crippen LogP contribution in [-0.2, 0) is 0 Å². The average Bonchev–Trinajstić information content (AvgIpc) is 2.43. The molecule has 0 fully saturated rings. The number of benzene rings is 1. The lowest BCUT2D eigenvalue weighted by Gasteiger charge is -2.09. The fourth-order valence-electron chi connectivity index (χ4n) is 1.56. The van der Waals surface area contributed by atoms with Gasteiger partial charge in [0.2, 0.25) is 0 Å². The molecule has 1 rings (SSSR count). The van der Waals surface area contributed by atoms with Gasteiger partial charge in [-0.2, -0.15) is 5.26 Å². The van der Waals surface area contributed by atoms with Gasteiger partial charge >= 0.3 is 0 Å². The van der Waals surface area contributed by atoms with Crippen LogP contribution in [0.2, 0.25) is 0 Å². The standard InChI is InChI=1S/C15H20N4/c1-5-15(17-11-19(3)4)18-12(2)14-8-6-7-13(9-14)10-16/h6-9,11-12H,5H2,1-4H3/b17-11+,18-15+. The van der Waals surface area contributed by atoms with Crippen molar-refractivity contribution in [3.05, 3.63) is 35.4 Å². The maximum Gasteiger partial charge on any atom is 0.125 e. The molecular formula is C15H20N4. The molecule has 0 aliphatic carbocycles. The second-order valence-corrected chi connectivity index (χ2v) is 4.52. The highest BCUT2D eigenvalue weighted by Crippen LogP contribution is 2.18. The maximum atomic E-state index is 8.90. The molecule has 4 heteroatoms. The molecule has 0 N–H and O–H groups in total. The van der Waals surface area contributed by atoms with Crippen molar-refractivity contribution in [1.82, 2.24) is 4.90 Å². The molecule has 0 aliphatic heterocycles. The maximum absolute atomic E-state index is 8.90. The normalized spacial score (nSPS) is 13.3. The van der Waals surface area contributed by atoms with E-state index in [-0.39, 0.29) is 6.04 Å². The molecule has 0 saturated carbocycles. The second-order valence-electron chi connectivity index (χ2n) is 4.52. The van der Waals surface area contributed by atoms with Crippen molar-refractivity contribution in [3.63, 3.8) is 0 Å². The van der Waals surface area contributed by atoms with Gasteiger partial charge in [0.05, 0.1) is 24.0 Å². The minimum absolute atomic E-state index is 0.00237. The number of rotatable bonds is 4. The number of hydrogen-bond acceptors (Lipinski definition) is 2. The van der Waals surface area contributed by atoms with Crippen molar-refractivity contribution in [3.8, 4) is 6.07 Å². The van der Waals surface area contributed by atoms with Gasteiger partial charge in [0.25, 0.3) is 0 Å². The smallest absolute Gasteiger partial charge is 0.125 e. The van der Waals surface area contributed by atoms with Gasteiger partial charge in [-0.25, -0.2) is 4.99 Å². The number of hydrogen-bond donors (Lipinski definition) is 0. The zero-order valence-corrected chi connectivity index (χ0v) is 12.0. The van der Waals surface area contributed by atoms with E-state index in [1.807, 2.05) is 51.0 Å². The summed E-state index contributed by atoms with van der Waals surface area (Å²) >= 11 is 0.